The van der Waals surface area contributed by atoms with Crippen molar-refractivity contribution < 1.29 is 9.90 Å². The molecule has 1 rings (SSSR count). The standard InChI is InChI=1S/C11H14O2/c1-2-6-10(12)11(13)9-7-4-3-5-8-9/h3-5,7-8,10,12H,2,6H2,1H3/t10-/m0/s1. The summed E-state index contributed by atoms with van der Waals surface area (Å²) in [6.07, 6.45) is 0.514. The van der Waals surface area contributed by atoms with Gasteiger partial charge in [-0.05, 0) is 6.42 Å². The first-order valence-electron chi connectivity index (χ1n) is 4.53. The van der Waals surface area contributed by atoms with Gasteiger partial charge in [-0.3, -0.25) is 4.79 Å². The van der Waals surface area contributed by atoms with Gasteiger partial charge in [0.05, 0.1) is 0 Å². The number of Topliss-reactive ketones (excluding diaryl/α,β-unsaturated/α-hetero) is 1. The van der Waals surface area contributed by atoms with E-state index in [1.165, 1.54) is 0 Å². The number of carbonyl (C=O) groups excluding carboxylic acids is 1. The predicted octanol–water partition coefficient (Wildman–Crippen LogP) is 2.03. The largest absolute Gasteiger partial charge is 0.385 e. The maximum Gasteiger partial charge on any atom is 0.191 e. The average molecular weight is 178 g/mol. The first kappa shape index (κ1) is 9.93. The number of aliphatic hydroxyl groups excluding tert-OH is 1. The normalized spacial score (nSPS) is 12.5. The van der Waals surface area contributed by atoms with Crippen molar-refractivity contribution in [1.82, 2.24) is 0 Å². The minimum atomic E-state index is -0.840. The average Bonchev–Trinajstić information content (AvgIpc) is 2.18. The third-order valence-electron chi connectivity index (χ3n) is 1.92. The molecule has 0 spiro atoms. The molecule has 70 valence electrons. The van der Waals surface area contributed by atoms with Crippen molar-refractivity contribution in [3.8, 4) is 0 Å². The van der Waals surface area contributed by atoms with E-state index < -0.39 is 6.10 Å². The van der Waals surface area contributed by atoms with Crippen LogP contribution in [0.5, 0.6) is 0 Å². The van der Waals surface area contributed by atoms with Gasteiger partial charge in [0, 0.05) is 5.56 Å². The van der Waals surface area contributed by atoms with Gasteiger partial charge in [0.15, 0.2) is 5.78 Å². The number of benzene rings is 1. The molecule has 2 heteroatoms. The molecule has 0 aromatic heterocycles. The molecule has 0 saturated carbocycles. The van der Waals surface area contributed by atoms with E-state index in [0.717, 1.165) is 6.42 Å². The molecule has 1 atom stereocenters. The molecule has 1 aromatic carbocycles. The number of aliphatic hydroxyl groups is 1. The van der Waals surface area contributed by atoms with E-state index in [1.54, 1.807) is 24.3 Å². The van der Waals surface area contributed by atoms with Crippen LogP contribution >= 0.6 is 0 Å². The van der Waals surface area contributed by atoms with E-state index in [0.29, 0.717) is 12.0 Å². The Morgan fingerprint density at radius 3 is 2.54 bits per heavy atom. The summed E-state index contributed by atoms with van der Waals surface area (Å²) >= 11 is 0. The van der Waals surface area contributed by atoms with E-state index in [-0.39, 0.29) is 5.78 Å². The highest BCUT2D eigenvalue weighted by atomic mass is 16.3. The summed E-state index contributed by atoms with van der Waals surface area (Å²) in [6.45, 7) is 1.95. The molecule has 0 heterocycles. The van der Waals surface area contributed by atoms with Gasteiger partial charge in [-0.25, -0.2) is 0 Å². The topological polar surface area (TPSA) is 37.3 Å². The van der Waals surface area contributed by atoms with Gasteiger partial charge in [-0.1, -0.05) is 43.7 Å². The molecule has 1 N–H and O–H groups in total. The van der Waals surface area contributed by atoms with Crippen molar-refractivity contribution in [3.05, 3.63) is 35.9 Å². The van der Waals surface area contributed by atoms with Crippen LogP contribution in [0.3, 0.4) is 0 Å². The predicted molar refractivity (Wildman–Crippen MR) is 51.7 cm³/mol. The summed E-state index contributed by atoms with van der Waals surface area (Å²) in [5, 5.41) is 9.42. The third-order valence-corrected chi connectivity index (χ3v) is 1.92. The summed E-state index contributed by atoms with van der Waals surface area (Å²) < 4.78 is 0. The number of rotatable bonds is 4. The SMILES string of the molecule is CCC[C@H](O)C(=O)c1ccccc1. The quantitative estimate of drug-likeness (QED) is 0.716. The Morgan fingerprint density at radius 2 is 2.00 bits per heavy atom. The van der Waals surface area contributed by atoms with E-state index in [2.05, 4.69) is 0 Å². The summed E-state index contributed by atoms with van der Waals surface area (Å²) in [4.78, 5) is 11.5. The van der Waals surface area contributed by atoms with Gasteiger partial charge < -0.3 is 5.11 Å². The fraction of sp³-hybridized carbons (Fsp3) is 0.364. The second-order valence-corrected chi connectivity index (χ2v) is 3.03. The summed E-state index contributed by atoms with van der Waals surface area (Å²) in [7, 11) is 0. The molecule has 0 aliphatic rings. The highest BCUT2D eigenvalue weighted by molar-refractivity contribution is 5.99. The van der Waals surface area contributed by atoms with Gasteiger partial charge >= 0.3 is 0 Å². The van der Waals surface area contributed by atoms with E-state index in [4.69, 9.17) is 0 Å². The Labute approximate surface area is 78.2 Å². The minimum Gasteiger partial charge on any atom is -0.385 e. The minimum absolute atomic E-state index is 0.178. The summed E-state index contributed by atoms with van der Waals surface area (Å²) in [6, 6.07) is 8.89. The molecule has 2 nitrogen and oxygen atoms in total. The number of hydrogen-bond donors (Lipinski definition) is 1. The Balaban J connectivity index is 2.68. The molecule has 0 unspecified atom stereocenters. The van der Waals surface area contributed by atoms with E-state index in [1.807, 2.05) is 13.0 Å². The van der Waals surface area contributed by atoms with Gasteiger partial charge in [-0.2, -0.15) is 0 Å². The van der Waals surface area contributed by atoms with Crippen LogP contribution in [0.1, 0.15) is 30.1 Å². The first-order valence-corrected chi connectivity index (χ1v) is 4.53. The van der Waals surface area contributed by atoms with Crippen molar-refractivity contribution in [2.24, 2.45) is 0 Å². The second-order valence-electron chi connectivity index (χ2n) is 3.03. The lowest BCUT2D eigenvalue weighted by molar-refractivity contribution is 0.0729. The summed E-state index contributed by atoms with van der Waals surface area (Å²) in [5.74, 6) is -0.178. The van der Waals surface area contributed by atoms with Crippen molar-refractivity contribution in [2.45, 2.75) is 25.9 Å². The van der Waals surface area contributed by atoms with Gasteiger partial charge in [0.2, 0.25) is 0 Å². The molecular formula is C11H14O2. The molecule has 13 heavy (non-hydrogen) atoms. The second kappa shape index (κ2) is 4.77. The zero-order valence-electron chi connectivity index (χ0n) is 7.73. The van der Waals surface area contributed by atoms with Crippen LogP contribution in [0.15, 0.2) is 30.3 Å². The Hall–Kier alpha value is -1.15. The van der Waals surface area contributed by atoms with Crippen molar-refractivity contribution in [1.29, 1.82) is 0 Å². The lowest BCUT2D eigenvalue weighted by Gasteiger charge is -2.07. The molecule has 0 amide bonds. The Morgan fingerprint density at radius 1 is 1.38 bits per heavy atom. The lowest BCUT2D eigenvalue weighted by atomic mass is 10.0. The first-order chi connectivity index (χ1) is 6.25. The van der Waals surface area contributed by atoms with Crippen LogP contribution in [0, 0.1) is 0 Å². The third kappa shape index (κ3) is 2.67. The molecule has 1 aromatic rings. The van der Waals surface area contributed by atoms with Gasteiger partial charge in [0.1, 0.15) is 6.10 Å². The fourth-order valence-corrected chi connectivity index (χ4v) is 1.20. The summed E-state index contributed by atoms with van der Waals surface area (Å²) in [5.41, 5.74) is 0.587. The maximum atomic E-state index is 11.5. The highest BCUT2D eigenvalue weighted by Crippen LogP contribution is 2.07. The molecule has 0 aliphatic heterocycles. The monoisotopic (exact) mass is 178 g/mol. The molecule has 0 bridgehead atoms. The lowest BCUT2D eigenvalue weighted by Crippen LogP contribution is -2.19. The maximum absolute atomic E-state index is 11.5. The zero-order chi connectivity index (χ0) is 9.68. The van der Waals surface area contributed by atoms with Crippen LogP contribution in [-0.4, -0.2) is 17.0 Å². The molecule has 0 fully saturated rings. The van der Waals surface area contributed by atoms with Crippen molar-refractivity contribution in [2.75, 3.05) is 0 Å². The highest BCUT2D eigenvalue weighted by Gasteiger charge is 2.14. The van der Waals surface area contributed by atoms with Crippen LogP contribution in [0.4, 0.5) is 0 Å². The smallest absolute Gasteiger partial charge is 0.191 e. The molecular weight excluding hydrogens is 164 g/mol. The fourth-order valence-electron chi connectivity index (χ4n) is 1.20. The van der Waals surface area contributed by atoms with Gasteiger partial charge in [-0.15, -0.1) is 0 Å². The zero-order valence-corrected chi connectivity index (χ0v) is 7.73. The van der Waals surface area contributed by atoms with Crippen LogP contribution < -0.4 is 0 Å². The van der Waals surface area contributed by atoms with Crippen LogP contribution in [0.2, 0.25) is 0 Å². The number of ketones is 1. The van der Waals surface area contributed by atoms with Crippen LogP contribution in [0.25, 0.3) is 0 Å². The molecule has 0 aliphatic carbocycles. The Kier molecular flexibility index (Phi) is 3.65. The molecule has 0 saturated heterocycles. The van der Waals surface area contributed by atoms with E-state index >= 15 is 0 Å². The molecule has 0 radical (unpaired) electrons. The van der Waals surface area contributed by atoms with Crippen molar-refractivity contribution >= 4 is 5.78 Å². The number of carbonyl (C=O) groups is 1. The Bertz CT molecular complexity index is 267. The van der Waals surface area contributed by atoms with Gasteiger partial charge in [0.25, 0.3) is 0 Å². The van der Waals surface area contributed by atoms with Crippen LogP contribution in [-0.2, 0) is 0 Å². The van der Waals surface area contributed by atoms with E-state index in [9.17, 15) is 9.90 Å². The number of hydrogen-bond acceptors (Lipinski definition) is 2. The van der Waals surface area contributed by atoms with Crippen molar-refractivity contribution in [3.63, 3.8) is 0 Å².